The molecule has 5 nitrogen and oxygen atoms in total. The predicted octanol–water partition coefficient (Wildman–Crippen LogP) is 1.30. The molecule has 96 valence electrons. The first-order valence-corrected chi connectivity index (χ1v) is 5.96. The van der Waals surface area contributed by atoms with Crippen molar-refractivity contribution in [3.05, 3.63) is 17.0 Å². The standard InChI is InChI=1S/C12H21N3O2/c1-5-13-8(2)6-12(16)14-7-11-9(3)15-17-10(11)4/h8,13H,5-7H2,1-4H3,(H,14,16). The SMILES string of the molecule is CCNC(C)CC(=O)NCc1c(C)noc1C. The third kappa shape index (κ3) is 4.19. The van der Waals surface area contributed by atoms with E-state index in [9.17, 15) is 4.79 Å². The summed E-state index contributed by atoms with van der Waals surface area (Å²) in [7, 11) is 0. The van der Waals surface area contributed by atoms with Crippen LogP contribution in [0.25, 0.3) is 0 Å². The van der Waals surface area contributed by atoms with Crippen molar-refractivity contribution < 1.29 is 9.32 Å². The molecule has 0 saturated heterocycles. The molecule has 1 amide bonds. The molecular formula is C12H21N3O2. The molecule has 1 unspecified atom stereocenters. The minimum absolute atomic E-state index is 0.0402. The van der Waals surface area contributed by atoms with Gasteiger partial charge in [-0.25, -0.2) is 0 Å². The predicted molar refractivity (Wildman–Crippen MR) is 65.6 cm³/mol. The number of rotatable bonds is 6. The van der Waals surface area contributed by atoms with Crippen molar-refractivity contribution in [3.8, 4) is 0 Å². The number of nitrogens with one attached hydrogen (secondary N) is 2. The van der Waals surface area contributed by atoms with Crippen LogP contribution in [-0.4, -0.2) is 23.7 Å². The number of nitrogens with zero attached hydrogens (tertiary/aromatic N) is 1. The van der Waals surface area contributed by atoms with Gasteiger partial charge in [-0.15, -0.1) is 0 Å². The third-order valence-corrected chi connectivity index (χ3v) is 2.69. The maximum absolute atomic E-state index is 11.6. The molecule has 0 aliphatic carbocycles. The van der Waals surface area contributed by atoms with Gasteiger partial charge in [0.15, 0.2) is 0 Å². The van der Waals surface area contributed by atoms with Gasteiger partial charge in [0.25, 0.3) is 0 Å². The highest BCUT2D eigenvalue weighted by atomic mass is 16.5. The van der Waals surface area contributed by atoms with Gasteiger partial charge in [-0.1, -0.05) is 12.1 Å². The molecule has 2 N–H and O–H groups in total. The summed E-state index contributed by atoms with van der Waals surface area (Å²) < 4.78 is 5.03. The lowest BCUT2D eigenvalue weighted by Gasteiger charge is -2.11. The van der Waals surface area contributed by atoms with Crippen molar-refractivity contribution in [2.24, 2.45) is 0 Å². The normalized spacial score (nSPS) is 12.5. The summed E-state index contributed by atoms with van der Waals surface area (Å²) >= 11 is 0. The van der Waals surface area contributed by atoms with Gasteiger partial charge in [-0.05, 0) is 27.3 Å². The second-order valence-electron chi connectivity index (χ2n) is 4.24. The third-order valence-electron chi connectivity index (χ3n) is 2.69. The molecule has 0 saturated carbocycles. The van der Waals surface area contributed by atoms with Crippen LogP contribution >= 0.6 is 0 Å². The molecule has 1 aromatic heterocycles. The van der Waals surface area contributed by atoms with Crippen LogP contribution in [0.5, 0.6) is 0 Å². The van der Waals surface area contributed by atoms with Crippen LogP contribution in [-0.2, 0) is 11.3 Å². The fourth-order valence-electron chi connectivity index (χ4n) is 1.71. The number of carbonyl (C=O) groups is 1. The topological polar surface area (TPSA) is 67.2 Å². The molecule has 0 fully saturated rings. The van der Waals surface area contributed by atoms with Gasteiger partial charge < -0.3 is 15.2 Å². The van der Waals surface area contributed by atoms with Crippen molar-refractivity contribution in [3.63, 3.8) is 0 Å². The van der Waals surface area contributed by atoms with E-state index in [0.29, 0.717) is 13.0 Å². The molecule has 0 radical (unpaired) electrons. The van der Waals surface area contributed by atoms with E-state index in [1.165, 1.54) is 0 Å². The second-order valence-corrected chi connectivity index (χ2v) is 4.24. The number of hydrogen-bond donors (Lipinski definition) is 2. The molecule has 0 aliphatic heterocycles. The van der Waals surface area contributed by atoms with Gasteiger partial charge in [0, 0.05) is 24.6 Å². The van der Waals surface area contributed by atoms with Crippen molar-refractivity contribution in [1.82, 2.24) is 15.8 Å². The zero-order valence-electron chi connectivity index (χ0n) is 11.0. The number of carbonyl (C=O) groups excluding carboxylic acids is 1. The molecule has 1 heterocycles. The van der Waals surface area contributed by atoms with Crippen molar-refractivity contribution in [2.75, 3.05) is 6.54 Å². The van der Waals surface area contributed by atoms with Crippen molar-refractivity contribution >= 4 is 5.91 Å². The molecular weight excluding hydrogens is 218 g/mol. The molecule has 17 heavy (non-hydrogen) atoms. The minimum atomic E-state index is 0.0402. The zero-order chi connectivity index (χ0) is 12.8. The first-order chi connectivity index (χ1) is 8.04. The number of aryl methyl sites for hydroxylation is 2. The van der Waals surface area contributed by atoms with Crippen LogP contribution in [0, 0.1) is 13.8 Å². The fraction of sp³-hybridized carbons (Fsp3) is 0.667. The maximum atomic E-state index is 11.6. The summed E-state index contributed by atoms with van der Waals surface area (Å²) in [4.78, 5) is 11.6. The highest BCUT2D eigenvalue weighted by Crippen LogP contribution is 2.11. The number of hydrogen-bond acceptors (Lipinski definition) is 4. The maximum Gasteiger partial charge on any atom is 0.221 e. The van der Waals surface area contributed by atoms with Gasteiger partial charge in [0.2, 0.25) is 5.91 Å². The number of aromatic nitrogens is 1. The van der Waals surface area contributed by atoms with E-state index >= 15 is 0 Å². The monoisotopic (exact) mass is 239 g/mol. The molecule has 0 aliphatic rings. The molecule has 1 atom stereocenters. The van der Waals surface area contributed by atoms with E-state index in [1.54, 1.807) is 0 Å². The van der Waals surface area contributed by atoms with E-state index in [-0.39, 0.29) is 11.9 Å². The Balaban J connectivity index is 2.38. The lowest BCUT2D eigenvalue weighted by Crippen LogP contribution is -2.33. The van der Waals surface area contributed by atoms with Gasteiger partial charge in [0.05, 0.1) is 5.69 Å². The summed E-state index contributed by atoms with van der Waals surface area (Å²) in [5, 5.41) is 9.92. The van der Waals surface area contributed by atoms with E-state index in [4.69, 9.17) is 4.52 Å². The number of amides is 1. The average molecular weight is 239 g/mol. The summed E-state index contributed by atoms with van der Waals surface area (Å²) in [6, 6.07) is 0.199. The van der Waals surface area contributed by atoms with Crippen LogP contribution in [0.1, 0.15) is 37.3 Å². The summed E-state index contributed by atoms with van der Waals surface area (Å²) in [5.41, 5.74) is 1.80. The Morgan fingerprint density at radius 1 is 1.47 bits per heavy atom. The van der Waals surface area contributed by atoms with Gasteiger partial charge >= 0.3 is 0 Å². The van der Waals surface area contributed by atoms with E-state index in [1.807, 2.05) is 27.7 Å². The van der Waals surface area contributed by atoms with Crippen LogP contribution in [0.4, 0.5) is 0 Å². The zero-order valence-corrected chi connectivity index (χ0v) is 11.0. The summed E-state index contributed by atoms with van der Waals surface area (Å²) in [6.07, 6.45) is 0.483. The lowest BCUT2D eigenvalue weighted by atomic mass is 10.2. The first kappa shape index (κ1) is 13.7. The first-order valence-electron chi connectivity index (χ1n) is 5.96. The average Bonchev–Trinajstić information content (AvgIpc) is 2.56. The van der Waals surface area contributed by atoms with Crippen LogP contribution < -0.4 is 10.6 Å². The Bertz CT molecular complexity index is 354. The van der Waals surface area contributed by atoms with Crippen molar-refractivity contribution in [2.45, 2.75) is 46.7 Å². The molecule has 1 aromatic rings. The van der Waals surface area contributed by atoms with E-state index < -0.39 is 0 Å². The van der Waals surface area contributed by atoms with Gasteiger partial charge in [0.1, 0.15) is 5.76 Å². The van der Waals surface area contributed by atoms with E-state index in [0.717, 1.165) is 23.6 Å². The van der Waals surface area contributed by atoms with Crippen LogP contribution in [0.2, 0.25) is 0 Å². The molecule has 0 spiro atoms. The smallest absolute Gasteiger partial charge is 0.221 e. The molecule has 5 heteroatoms. The Labute approximate surface area is 102 Å². The largest absolute Gasteiger partial charge is 0.361 e. The molecule has 0 aromatic carbocycles. The molecule has 0 bridgehead atoms. The Hall–Kier alpha value is -1.36. The van der Waals surface area contributed by atoms with Gasteiger partial charge in [-0.2, -0.15) is 0 Å². The Morgan fingerprint density at radius 3 is 2.71 bits per heavy atom. The van der Waals surface area contributed by atoms with E-state index in [2.05, 4.69) is 15.8 Å². The fourth-order valence-corrected chi connectivity index (χ4v) is 1.71. The lowest BCUT2D eigenvalue weighted by molar-refractivity contribution is -0.121. The Morgan fingerprint density at radius 2 is 2.18 bits per heavy atom. The van der Waals surface area contributed by atoms with Crippen LogP contribution in [0.3, 0.4) is 0 Å². The highest BCUT2D eigenvalue weighted by Gasteiger charge is 2.11. The summed E-state index contributed by atoms with van der Waals surface area (Å²) in [5.74, 6) is 0.806. The van der Waals surface area contributed by atoms with Crippen molar-refractivity contribution in [1.29, 1.82) is 0 Å². The summed E-state index contributed by atoms with van der Waals surface area (Å²) in [6.45, 7) is 9.11. The quantitative estimate of drug-likeness (QED) is 0.785. The second kappa shape index (κ2) is 6.39. The minimum Gasteiger partial charge on any atom is -0.361 e. The van der Waals surface area contributed by atoms with Gasteiger partial charge in [-0.3, -0.25) is 4.79 Å². The Kier molecular flexibility index (Phi) is 5.15. The van der Waals surface area contributed by atoms with Crippen LogP contribution in [0.15, 0.2) is 4.52 Å². The highest BCUT2D eigenvalue weighted by molar-refractivity contribution is 5.76. The molecule has 1 rings (SSSR count).